The molecule has 0 spiro atoms. The number of carbonyl (C=O) groups excluding carboxylic acids is 2. The third-order valence-corrected chi connectivity index (χ3v) is 3.44. The molecule has 0 aliphatic carbocycles. The molecule has 0 unspecified atom stereocenters. The van der Waals surface area contributed by atoms with Gasteiger partial charge in [0.15, 0.2) is 0 Å². The Hall–Kier alpha value is -1.79. The molecular weight excluding hydrogens is 282 g/mol. The van der Waals surface area contributed by atoms with Crippen molar-refractivity contribution in [3.8, 4) is 0 Å². The van der Waals surface area contributed by atoms with Crippen molar-refractivity contribution in [1.29, 1.82) is 0 Å². The molecule has 2 amide bonds. The molecule has 0 aliphatic heterocycles. The molecule has 22 heavy (non-hydrogen) atoms. The molecule has 0 aromatic heterocycles. The maximum Gasteiger partial charge on any atom is 0.338 e. The van der Waals surface area contributed by atoms with Crippen LogP contribution in [0, 0.1) is 10.8 Å². The van der Waals surface area contributed by atoms with Crippen LogP contribution in [-0.4, -0.2) is 37.9 Å². The molecule has 0 heterocycles. The zero-order valence-electron chi connectivity index (χ0n) is 14.5. The van der Waals surface area contributed by atoms with Gasteiger partial charge < -0.3 is 10.6 Å². The smallest absolute Gasteiger partial charge is 0.338 e. The van der Waals surface area contributed by atoms with Gasteiger partial charge in [-0.3, -0.25) is 26.0 Å². The number of guanidine groups is 1. The van der Waals surface area contributed by atoms with Crippen LogP contribution in [0.2, 0.25) is 0 Å². The summed E-state index contributed by atoms with van der Waals surface area (Å²) in [5.41, 5.74) is 9.90. The maximum atomic E-state index is 11.9. The molecule has 0 aromatic carbocycles. The average molecular weight is 314 g/mol. The average Bonchev–Trinajstić information content (AvgIpc) is 2.39. The van der Waals surface area contributed by atoms with Crippen LogP contribution >= 0.6 is 0 Å². The van der Waals surface area contributed by atoms with Gasteiger partial charge >= 0.3 is 5.96 Å². The highest BCUT2D eigenvalue weighted by Crippen LogP contribution is 2.33. The number of nitrogens with two attached hydrogens (primary N) is 2. The van der Waals surface area contributed by atoms with Crippen LogP contribution in [0.25, 0.3) is 0 Å². The minimum atomic E-state index is -0.471. The number of hydrogen-bond donors (Lipinski definition) is 5. The molecule has 0 bridgehead atoms. The van der Waals surface area contributed by atoms with E-state index in [1.807, 2.05) is 27.7 Å². The van der Waals surface area contributed by atoms with Gasteiger partial charge in [-0.25, -0.2) is 0 Å². The van der Waals surface area contributed by atoms with E-state index in [1.165, 1.54) is 0 Å². The summed E-state index contributed by atoms with van der Waals surface area (Å²) in [6.07, 6.45) is 1.75. The lowest BCUT2D eigenvalue weighted by Crippen LogP contribution is -2.78. The quantitative estimate of drug-likeness (QED) is 0.200. The van der Waals surface area contributed by atoms with E-state index in [-0.39, 0.29) is 23.2 Å². The lowest BCUT2D eigenvalue weighted by Gasteiger charge is -2.33. The van der Waals surface area contributed by atoms with Crippen LogP contribution in [0.3, 0.4) is 0 Å². The van der Waals surface area contributed by atoms with Crippen LogP contribution in [0.5, 0.6) is 0 Å². The van der Waals surface area contributed by atoms with Gasteiger partial charge in [0.1, 0.15) is 0 Å². The summed E-state index contributed by atoms with van der Waals surface area (Å²) < 4.78 is 0. The van der Waals surface area contributed by atoms with Gasteiger partial charge in [0, 0.05) is 25.4 Å². The lowest BCUT2D eigenvalue weighted by molar-refractivity contribution is -0.459. The Bertz CT molecular complexity index is 412. The molecule has 0 aromatic rings. The molecule has 0 aliphatic rings. The fraction of sp³-hybridized carbons (Fsp3) is 0.800. The van der Waals surface area contributed by atoms with Gasteiger partial charge in [0.25, 0.3) is 0 Å². The van der Waals surface area contributed by atoms with Crippen molar-refractivity contribution < 1.29 is 14.6 Å². The van der Waals surface area contributed by atoms with E-state index in [0.717, 1.165) is 0 Å². The van der Waals surface area contributed by atoms with E-state index >= 15 is 0 Å². The van der Waals surface area contributed by atoms with Crippen molar-refractivity contribution >= 4 is 17.8 Å². The molecule has 0 fully saturated rings. The standard InChI is InChI=1S/C15H31N5O2/c1-14(2,9-15(3,4)12(22)18-5)10-20-11(21)7-6-8-19-13(16)17/h6-10H2,1-5H3,(H,18,22)(H,20,21)(H4,16,17,19)/p+1. The fourth-order valence-corrected chi connectivity index (χ4v) is 2.59. The topological polar surface area (TPSA) is 124 Å². The predicted molar refractivity (Wildman–Crippen MR) is 87.7 cm³/mol. The Morgan fingerprint density at radius 2 is 1.73 bits per heavy atom. The fourth-order valence-electron chi connectivity index (χ4n) is 2.59. The van der Waals surface area contributed by atoms with E-state index in [9.17, 15) is 9.59 Å². The first-order valence-electron chi connectivity index (χ1n) is 7.61. The summed E-state index contributed by atoms with van der Waals surface area (Å²) in [5, 5.41) is 5.60. The van der Waals surface area contributed by atoms with Crippen molar-refractivity contribution in [2.75, 3.05) is 20.1 Å². The molecular formula is C15H32N5O2+. The van der Waals surface area contributed by atoms with E-state index in [1.54, 1.807) is 7.05 Å². The minimum Gasteiger partial charge on any atom is -0.359 e. The highest BCUT2D eigenvalue weighted by molar-refractivity contribution is 5.81. The van der Waals surface area contributed by atoms with Crippen molar-refractivity contribution in [2.45, 2.75) is 47.0 Å². The van der Waals surface area contributed by atoms with Gasteiger partial charge in [-0.15, -0.1) is 0 Å². The highest BCUT2D eigenvalue weighted by Gasteiger charge is 2.34. The minimum absolute atomic E-state index is 0.00796. The molecule has 0 saturated heterocycles. The van der Waals surface area contributed by atoms with E-state index < -0.39 is 5.41 Å². The van der Waals surface area contributed by atoms with Crippen LogP contribution in [-0.2, 0) is 9.59 Å². The second-order valence-corrected chi connectivity index (χ2v) is 7.07. The van der Waals surface area contributed by atoms with Crippen molar-refractivity contribution in [1.82, 2.24) is 10.6 Å². The first-order valence-corrected chi connectivity index (χ1v) is 7.61. The first-order chi connectivity index (χ1) is 10.00. The molecule has 0 rings (SSSR count). The van der Waals surface area contributed by atoms with Crippen molar-refractivity contribution in [3.63, 3.8) is 0 Å². The van der Waals surface area contributed by atoms with E-state index in [2.05, 4.69) is 15.6 Å². The third kappa shape index (κ3) is 8.49. The summed E-state index contributed by atoms with van der Waals surface area (Å²) in [5.74, 6) is 0.162. The Morgan fingerprint density at radius 3 is 2.23 bits per heavy atom. The van der Waals surface area contributed by atoms with Crippen LogP contribution < -0.4 is 27.1 Å². The van der Waals surface area contributed by atoms with Crippen LogP contribution in [0.4, 0.5) is 0 Å². The van der Waals surface area contributed by atoms with Gasteiger partial charge in [-0.05, 0) is 18.3 Å². The highest BCUT2D eigenvalue weighted by atomic mass is 16.2. The van der Waals surface area contributed by atoms with Crippen LogP contribution in [0.15, 0.2) is 0 Å². The molecule has 0 atom stereocenters. The SMILES string of the molecule is CNC(=O)C(C)(C)CC(C)(C)CNC(=O)CCC[NH+]=C(N)N. The zero-order valence-corrected chi connectivity index (χ0v) is 14.5. The zero-order chi connectivity index (χ0) is 17.4. The lowest BCUT2D eigenvalue weighted by atomic mass is 9.74. The maximum absolute atomic E-state index is 11.9. The van der Waals surface area contributed by atoms with Gasteiger partial charge in [-0.1, -0.05) is 27.7 Å². The molecule has 0 saturated carbocycles. The molecule has 7 heteroatoms. The summed E-state index contributed by atoms with van der Waals surface area (Å²) in [6, 6.07) is 0. The number of hydrogen-bond acceptors (Lipinski definition) is 2. The number of rotatable bonds is 9. The van der Waals surface area contributed by atoms with Gasteiger partial charge in [-0.2, -0.15) is 0 Å². The van der Waals surface area contributed by atoms with Gasteiger partial charge in [0.05, 0.1) is 6.54 Å². The number of amides is 2. The van der Waals surface area contributed by atoms with Gasteiger partial charge in [0.2, 0.25) is 11.8 Å². The Balaban J connectivity index is 4.24. The summed E-state index contributed by atoms with van der Waals surface area (Å²) in [4.78, 5) is 26.4. The third-order valence-electron chi connectivity index (χ3n) is 3.44. The normalized spacial score (nSPS) is 11.7. The Labute approximate surface area is 133 Å². The van der Waals surface area contributed by atoms with Crippen molar-refractivity contribution in [3.05, 3.63) is 0 Å². The second-order valence-electron chi connectivity index (χ2n) is 7.07. The number of nitrogens with one attached hydrogen (secondary N) is 3. The molecule has 7 nitrogen and oxygen atoms in total. The summed E-state index contributed by atoms with van der Waals surface area (Å²) >= 11 is 0. The van der Waals surface area contributed by atoms with E-state index in [4.69, 9.17) is 11.5 Å². The molecule has 0 radical (unpaired) electrons. The predicted octanol–water partition coefficient (Wildman–Crippen LogP) is -1.57. The van der Waals surface area contributed by atoms with E-state index in [0.29, 0.717) is 32.4 Å². The number of carbonyl (C=O) groups is 2. The summed E-state index contributed by atoms with van der Waals surface area (Å²) in [7, 11) is 1.64. The Morgan fingerprint density at radius 1 is 1.14 bits per heavy atom. The second kappa shape index (κ2) is 8.60. The van der Waals surface area contributed by atoms with Crippen molar-refractivity contribution in [2.24, 2.45) is 22.3 Å². The monoisotopic (exact) mass is 314 g/mol. The Kier molecular flexibility index (Phi) is 7.90. The molecule has 128 valence electrons. The molecule has 7 N–H and O–H groups in total. The summed E-state index contributed by atoms with van der Waals surface area (Å²) in [6.45, 7) is 9.02. The first kappa shape index (κ1) is 20.2. The largest absolute Gasteiger partial charge is 0.359 e. The van der Waals surface area contributed by atoms with Crippen LogP contribution in [0.1, 0.15) is 47.0 Å².